The van der Waals surface area contributed by atoms with Crippen molar-refractivity contribution in [3.05, 3.63) is 29.3 Å². The van der Waals surface area contributed by atoms with Crippen molar-refractivity contribution in [3.8, 4) is 5.75 Å². The summed E-state index contributed by atoms with van der Waals surface area (Å²) in [5.74, 6) is 1.65. The average Bonchev–Trinajstić information content (AvgIpc) is 2.92. The Kier molecular flexibility index (Phi) is 5.86. The lowest BCUT2D eigenvalue weighted by molar-refractivity contribution is 0.149. The molecular weight excluding hydrogens is 250 g/mol. The van der Waals surface area contributed by atoms with Crippen LogP contribution in [0.15, 0.2) is 18.2 Å². The molecule has 1 aliphatic rings. The molecule has 0 spiro atoms. The van der Waals surface area contributed by atoms with E-state index < -0.39 is 0 Å². The van der Waals surface area contributed by atoms with E-state index >= 15 is 0 Å². The summed E-state index contributed by atoms with van der Waals surface area (Å²) < 4.78 is 11.1. The maximum atomic E-state index is 5.86. The second kappa shape index (κ2) is 7.65. The van der Waals surface area contributed by atoms with E-state index in [0.29, 0.717) is 12.0 Å². The molecule has 0 saturated heterocycles. The van der Waals surface area contributed by atoms with E-state index in [1.807, 2.05) is 0 Å². The van der Waals surface area contributed by atoms with Crippen LogP contribution in [-0.4, -0.2) is 26.9 Å². The molecule has 2 rings (SSSR count). The first-order valence-corrected chi connectivity index (χ1v) is 7.73. The van der Waals surface area contributed by atoms with Gasteiger partial charge in [0, 0.05) is 31.7 Å². The summed E-state index contributed by atoms with van der Waals surface area (Å²) in [6, 6.07) is 6.90. The van der Waals surface area contributed by atoms with Crippen LogP contribution in [0.2, 0.25) is 0 Å². The van der Waals surface area contributed by atoms with Crippen molar-refractivity contribution in [2.45, 2.75) is 39.2 Å². The molecule has 3 heteroatoms. The minimum absolute atomic E-state index is 0.355. The quantitative estimate of drug-likeness (QED) is 0.790. The van der Waals surface area contributed by atoms with Crippen molar-refractivity contribution >= 4 is 0 Å². The maximum Gasteiger partial charge on any atom is 0.127 e. The van der Waals surface area contributed by atoms with Gasteiger partial charge in [-0.3, -0.25) is 0 Å². The highest BCUT2D eigenvalue weighted by Crippen LogP contribution is 2.35. The van der Waals surface area contributed by atoms with Crippen LogP contribution in [0.25, 0.3) is 0 Å². The van der Waals surface area contributed by atoms with Crippen LogP contribution in [-0.2, 0) is 11.2 Å². The normalized spacial score (nSPS) is 16.6. The number of nitrogens with one attached hydrogen (secondary N) is 1. The number of hydrogen-bond donors (Lipinski definition) is 1. The molecule has 1 N–H and O–H groups in total. The molecule has 0 amide bonds. The number of rotatable bonds is 8. The van der Waals surface area contributed by atoms with E-state index in [1.165, 1.54) is 11.1 Å². The number of methoxy groups -OCH3 is 1. The molecule has 0 fully saturated rings. The molecule has 3 nitrogen and oxygen atoms in total. The Hall–Kier alpha value is -1.06. The van der Waals surface area contributed by atoms with E-state index in [-0.39, 0.29) is 0 Å². The van der Waals surface area contributed by atoms with Crippen LogP contribution in [0.5, 0.6) is 5.75 Å². The van der Waals surface area contributed by atoms with Gasteiger partial charge in [0.05, 0.1) is 6.61 Å². The van der Waals surface area contributed by atoms with Gasteiger partial charge in [-0.05, 0) is 30.9 Å². The highest BCUT2D eigenvalue weighted by atomic mass is 16.5. The fourth-order valence-electron chi connectivity index (χ4n) is 2.91. The van der Waals surface area contributed by atoms with E-state index in [0.717, 1.165) is 44.8 Å². The average molecular weight is 277 g/mol. The van der Waals surface area contributed by atoms with Gasteiger partial charge in [-0.2, -0.15) is 0 Å². The molecule has 0 saturated carbocycles. The van der Waals surface area contributed by atoms with Crippen LogP contribution in [0.4, 0.5) is 0 Å². The van der Waals surface area contributed by atoms with Gasteiger partial charge >= 0.3 is 0 Å². The van der Waals surface area contributed by atoms with Crippen molar-refractivity contribution in [3.63, 3.8) is 0 Å². The highest BCUT2D eigenvalue weighted by molar-refractivity contribution is 5.45. The zero-order chi connectivity index (χ0) is 14.4. The predicted molar refractivity (Wildman–Crippen MR) is 82.3 cm³/mol. The summed E-state index contributed by atoms with van der Waals surface area (Å²) in [6.45, 7) is 7.11. The summed E-state index contributed by atoms with van der Waals surface area (Å²) in [7, 11) is 1.77. The molecule has 1 heterocycles. The fraction of sp³-hybridized carbons (Fsp3) is 0.647. The summed E-state index contributed by atoms with van der Waals surface area (Å²) in [5, 5.41) is 3.67. The van der Waals surface area contributed by atoms with Gasteiger partial charge in [-0.1, -0.05) is 32.0 Å². The predicted octanol–water partition coefficient (Wildman–Crippen LogP) is 3.33. The van der Waals surface area contributed by atoms with Crippen LogP contribution >= 0.6 is 0 Å². The van der Waals surface area contributed by atoms with Crippen LogP contribution < -0.4 is 10.1 Å². The lowest BCUT2D eigenvalue weighted by Gasteiger charge is -2.24. The molecule has 112 valence electrons. The van der Waals surface area contributed by atoms with E-state index in [4.69, 9.17) is 9.47 Å². The zero-order valence-electron chi connectivity index (χ0n) is 12.9. The summed E-state index contributed by atoms with van der Waals surface area (Å²) >= 11 is 0. The molecule has 1 aromatic carbocycles. The maximum absolute atomic E-state index is 5.86. The second-order valence-electron chi connectivity index (χ2n) is 5.74. The second-order valence-corrected chi connectivity index (χ2v) is 5.74. The van der Waals surface area contributed by atoms with Gasteiger partial charge in [0.1, 0.15) is 5.75 Å². The summed E-state index contributed by atoms with van der Waals surface area (Å²) in [4.78, 5) is 0. The molecule has 2 atom stereocenters. The standard InChI is InChI=1S/C17H27NO2/c1-4-9-18-16(11-13(2)12-19-3)15-7-5-6-14-8-10-20-17(14)15/h5-7,13,16,18H,4,8-12H2,1-3H3. The van der Waals surface area contributed by atoms with Crippen molar-refractivity contribution in [1.29, 1.82) is 0 Å². The first kappa shape index (κ1) is 15.3. The monoisotopic (exact) mass is 277 g/mol. The van der Waals surface area contributed by atoms with Crippen LogP contribution in [0.1, 0.15) is 43.9 Å². The van der Waals surface area contributed by atoms with Crippen molar-refractivity contribution < 1.29 is 9.47 Å². The topological polar surface area (TPSA) is 30.5 Å². The lowest BCUT2D eigenvalue weighted by atomic mass is 9.94. The molecule has 0 aromatic heterocycles. The summed E-state index contributed by atoms with van der Waals surface area (Å²) in [5.41, 5.74) is 2.67. The third-order valence-electron chi connectivity index (χ3n) is 3.85. The molecule has 1 aliphatic heterocycles. The Morgan fingerprint density at radius 2 is 2.25 bits per heavy atom. The van der Waals surface area contributed by atoms with E-state index in [1.54, 1.807) is 7.11 Å². The number of ether oxygens (including phenoxy) is 2. The molecule has 1 aromatic rings. The van der Waals surface area contributed by atoms with Crippen molar-refractivity contribution in [1.82, 2.24) is 5.32 Å². The van der Waals surface area contributed by atoms with Gasteiger partial charge < -0.3 is 14.8 Å². The van der Waals surface area contributed by atoms with Gasteiger partial charge in [0.15, 0.2) is 0 Å². The van der Waals surface area contributed by atoms with Gasteiger partial charge in [-0.25, -0.2) is 0 Å². The third kappa shape index (κ3) is 3.74. The first-order chi connectivity index (χ1) is 9.76. The zero-order valence-corrected chi connectivity index (χ0v) is 12.9. The van der Waals surface area contributed by atoms with Gasteiger partial charge in [0.25, 0.3) is 0 Å². The Labute approximate surface area is 122 Å². The Bertz CT molecular complexity index is 419. The fourth-order valence-corrected chi connectivity index (χ4v) is 2.91. The third-order valence-corrected chi connectivity index (χ3v) is 3.85. The molecule has 0 aliphatic carbocycles. The molecule has 20 heavy (non-hydrogen) atoms. The lowest BCUT2D eigenvalue weighted by Crippen LogP contribution is -2.25. The minimum atomic E-state index is 0.355. The van der Waals surface area contributed by atoms with Crippen LogP contribution in [0, 0.1) is 5.92 Å². The first-order valence-electron chi connectivity index (χ1n) is 7.73. The molecular formula is C17H27NO2. The number of hydrogen-bond acceptors (Lipinski definition) is 3. The largest absolute Gasteiger partial charge is 0.493 e. The summed E-state index contributed by atoms with van der Waals surface area (Å²) in [6.07, 6.45) is 3.26. The van der Waals surface area contributed by atoms with E-state index in [2.05, 4.69) is 37.4 Å². The molecule has 2 unspecified atom stereocenters. The number of fused-ring (bicyclic) bond motifs is 1. The molecule has 0 bridgehead atoms. The van der Waals surface area contributed by atoms with Crippen molar-refractivity contribution in [2.24, 2.45) is 5.92 Å². The van der Waals surface area contributed by atoms with Gasteiger partial charge in [0.2, 0.25) is 0 Å². The smallest absolute Gasteiger partial charge is 0.127 e. The Balaban J connectivity index is 2.15. The highest BCUT2D eigenvalue weighted by Gasteiger charge is 2.23. The van der Waals surface area contributed by atoms with Gasteiger partial charge in [-0.15, -0.1) is 0 Å². The van der Waals surface area contributed by atoms with Crippen LogP contribution in [0.3, 0.4) is 0 Å². The Morgan fingerprint density at radius 1 is 1.40 bits per heavy atom. The van der Waals surface area contributed by atoms with Crippen molar-refractivity contribution in [2.75, 3.05) is 26.9 Å². The minimum Gasteiger partial charge on any atom is -0.493 e. The van der Waals surface area contributed by atoms with E-state index in [9.17, 15) is 0 Å². The number of para-hydroxylation sites is 1. The molecule has 0 radical (unpaired) electrons. The Morgan fingerprint density at radius 3 is 3.00 bits per heavy atom. The number of benzene rings is 1. The SMILES string of the molecule is CCCNC(CC(C)COC)c1cccc2c1OCC2.